The maximum atomic E-state index is 12.3. The molecule has 228 valence electrons. The molecule has 3 heterocycles. The van der Waals surface area contributed by atoms with E-state index >= 15 is 0 Å². The second-order valence-corrected chi connectivity index (χ2v) is 13.5. The average molecular weight is 607 g/mol. The van der Waals surface area contributed by atoms with Crippen molar-refractivity contribution in [2.75, 3.05) is 30.2 Å². The van der Waals surface area contributed by atoms with Gasteiger partial charge in [0.15, 0.2) is 11.5 Å². The Bertz CT molecular complexity index is 1170. The molecule has 3 aromatic heterocycles. The Morgan fingerprint density at radius 2 is 1.71 bits per heavy atom. The fourth-order valence-corrected chi connectivity index (χ4v) is 6.45. The zero-order chi connectivity index (χ0) is 29.2. The topological polar surface area (TPSA) is 138 Å². The monoisotopic (exact) mass is 606 g/mol. The summed E-state index contributed by atoms with van der Waals surface area (Å²) in [5.41, 5.74) is 8.29. The Balaban J connectivity index is 1.08. The van der Waals surface area contributed by atoms with Crippen molar-refractivity contribution in [1.29, 1.82) is 0 Å². The number of pyridine rings is 1. The summed E-state index contributed by atoms with van der Waals surface area (Å²) < 4.78 is 24.9. The van der Waals surface area contributed by atoms with Crippen LogP contribution < -0.4 is 5.73 Å². The third kappa shape index (κ3) is 13.7. The lowest BCUT2D eigenvalue weighted by molar-refractivity contribution is 0.0718. The van der Waals surface area contributed by atoms with Crippen LogP contribution >= 0.6 is 19.4 Å². The summed E-state index contributed by atoms with van der Waals surface area (Å²) in [6.45, 7) is 2.49. The highest BCUT2D eigenvalue weighted by molar-refractivity contribution is 7.99. The van der Waals surface area contributed by atoms with Gasteiger partial charge in [-0.1, -0.05) is 57.4 Å². The number of anilines is 1. The number of unbranched alkanes of at least 4 members (excludes halogenated alkanes) is 9. The van der Waals surface area contributed by atoms with Crippen LogP contribution in [0.1, 0.15) is 83.1 Å². The third-order valence-electron chi connectivity index (χ3n) is 6.86. The van der Waals surface area contributed by atoms with E-state index in [0.717, 1.165) is 24.3 Å². The number of fused-ring (bicyclic) bond motifs is 1. The molecule has 3 rings (SSSR count). The molecule has 0 bridgehead atoms. The van der Waals surface area contributed by atoms with E-state index in [4.69, 9.17) is 15.0 Å². The standard InChI is InChI=1S/C29H47N6O4PS/c1-25(21-35-23-34-27-28(30)32-22-33-29(27)35)38-24-40(36,37)39-17-13-19-41-18-11-9-7-5-3-2-4-6-8-10-14-26-15-12-16-31-20-26/h12,15-16,20,22-23,25H,2-11,13-14,17-19,21,24H2,1H3,(H,36,37)(H2,30,32,33)/t25-/m1/s1. The van der Waals surface area contributed by atoms with Crippen LogP contribution in [0, 0.1) is 0 Å². The molecule has 0 aromatic carbocycles. The van der Waals surface area contributed by atoms with Gasteiger partial charge in [-0.2, -0.15) is 11.8 Å². The van der Waals surface area contributed by atoms with Gasteiger partial charge in [0.2, 0.25) is 0 Å². The second-order valence-electron chi connectivity index (χ2n) is 10.5. The summed E-state index contributed by atoms with van der Waals surface area (Å²) in [5.74, 6) is 2.37. The van der Waals surface area contributed by atoms with Crippen molar-refractivity contribution < 1.29 is 18.7 Å². The van der Waals surface area contributed by atoms with Crippen LogP contribution in [0.15, 0.2) is 37.2 Å². The lowest BCUT2D eigenvalue weighted by atomic mass is 10.0. The van der Waals surface area contributed by atoms with E-state index in [2.05, 4.69) is 26.0 Å². The second kappa shape index (κ2) is 19.2. The fraction of sp³-hybridized carbons (Fsp3) is 0.655. The van der Waals surface area contributed by atoms with Gasteiger partial charge in [0, 0.05) is 12.4 Å². The van der Waals surface area contributed by atoms with Crippen LogP contribution in [0.5, 0.6) is 0 Å². The first-order chi connectivity index (χ1) is 19.9. The number of aryl methyl sites for hydroxylation is 1. The van der Waals surface area contributed by atoms with E-state index in [-0.39, 0.29) is 19.1 Å². The van der Waals surface area contributed by atoms with E-state index < -0.39 is 7.60 Å². The van der Waals surface area contributed by atoms with Crippen LogP contribution in [0.2, 0.25) is 0 Å². The number of nitrogens with zero attached hydrogens (tertiary/aromatic N) is 5. The molecule has 0 aliphatic heterocycles. The SMILES string of the molecule is C[C@H](Cn1cnc2c(N)ncnc21)OCP(=O)(O)OCCCSCCCCCCCCCCCCc1cccnc1. The summed E-state index contributed by atoms with van der Waals surface area (Å²) in [6, 6.07) is 4.18. The number of nitrogen functional groups attached to an aromatic ring is 1. The largest absolute Gasteiger partial charge is 0.382 e. The van der Waals surface area contributed by atoms with Crippen molar-refractivity contribution in [3.63, 3.8) is 0 Å². The summed E-state index contributed by atoms with van der Waals surface area (Å²) in [7, 11) is -3.80. The summed E-state index contributed by atoms with van der Waals surface area (Å²) >= 11 is 1.89. The van der Waals surface area contributed by atoms with Gasteiger partial charge < -0.3 is 24.5 Å². The maximum absolute atomic E-state index is 12.3. The van der Waals surface area contributed by atoms with Crippen LogP contribution in [-0.2, 0) is 26.8 Å². The van der Waals surface area contributed by atoms with E-state index in [1.165, 1.54) is 76.1 Å². The number of rotatable bonds is 23. The molecule has 0 spiro atoms. The van der Waals surface area contributed by atoms with Gasteiger partial charge in [-0.15, -0.1) is 0 Å². The number of ether oxygens (including phenoxy) is 1. The first kappa shape index (κ1) is 33.5. The van der Waals surface area contributed by atoms with Crippen molar-refractivity contribution in [1.82, 2.24) is 24.5 Å². The highest BCUT2D eigenvalue weighted by Gasteiger charge is 2.21. The summed E-state index contributed by atoms with van der Waals surface area (Å²) in [6.07, 6.45) is 21.2. The van der Waals surface area contributed by atoms with E-state index in [1.807, 2.05) is 37.1 Å². The number of hydrogen-bond donors (Lipinski definition) is 2. The lowest BCUT2D eigenvalue weighted by Crippen LogP contribution is -2.17. The molecule has 0 fully saturated rings. The molecule has 12 heteroatoms. The van der Waals surface area contributed by atoms with E-state index in [9.17, 15) is 9.46 Å². The molecule has 0 aliphatic rings. The summed E-state index contributed by atoms with van der Waals surface area (Å²) in [4.78, 5) is 26.6. The number of thioether (sulfide) groups is 1. The summed E-state index contributed by atoms with van der Waals surface area (Å²) in [5, 5.41) is 0. The molecule has 0 aliphatic carbocycles. The number of hydrogen-bond acceptors (Lipinski definition) is 9. The van der Waals surface area contributed by atoms with Gasteiger partial charge in [-0.05, 0) is 55.7 Å². The van der Waals surface area contributed by atoms with Gasteiger partial charge in [-0.3, -0.25) is 9.55 Å². The minimum Gasteiger partial charge on any atom is -0.382 e. The Morgan fingerprint density at radius 1 is 1.00 bits per heavy atom. The van der Waals surface area contributed by atoms with Crippen LogP contribution in [0.25, 0.3) is 11.2 Å². The normalized spacial score (nSPS) is 13.9. The first-order valence-corrected chi connectivity index (χ1v) is 17.8. The molecule has 0 saturated heterocycles. The van der Waals surface area contributed by atoms with Crippen molar-refractivity contribution >= 4 is 36.3 Å². The molecule has 0 amide bonds. The van der Waals surface area contributed by atoms with Gasteiger partial charge in [0.1, 0.15) is 18.2 Å². The first-order valence-electron chi connectivity index (χ1n) is 14.9. The van der Waals surface area contributed by atoms with Gasteiger partial charge in [0.05, 0.1) is 25.6 Å². The highest BCUT2D eigenvalue weighted by Crippen LogP contribution is 2.42. The Labute approximate surface area is 248 Å². The lowest BCUT2D eigenvalue weighted by Gasteiger charge is -2.17. The molecule has 0 saturated carbocycles. The zero-order valence-electron chi connectivity index (χ0n) is 24.4. The predicted molar refractivity (Wildman–Crippen MR) is 167 cm³/mol. The van der Waals surface area contributed by atoms with E-state index in [0.29, 0.717) is 23.5 Å². The number of nitrogens with two attached hydrogens (primary N) is 1. The third-order valence-corrected chi connectivity index (χ3v) is 9.07. The number of imidazole rings is 1. The molecule has 3 N–H and O–H groups in total. The van der Waals surface area contributed by atoms with Crippen molar-refractivity contribution in [2.24, 2.45) is 0 Å². The van der Waals surface area contributed by atoms with Crippen LogP contribution in [-0.4, -0.2) is 60.0 Å². The molecule has 1 unspecified atom stereocenters. The maximum Gasteiger partial charge on any atom is 0.353 e. The Kier molecular flexibility index (Phi) is 15.7. The Morgan fingerprint density at radius 3 is 2.44 bits per heavy atom. The van der Waals surface area contributed by atoms with Gasteiger partial charge in [0.25, 0.3) is 0 Å². The zero-order valence-corrected chi connectivity index (χ0v) is 26.1. The fourth-order valence-electron chi connectivity index (χ4n) is 4.58. The smallest absolute Gasteiger partial charge is 0.353 e. The average Bonchev–Trinajstić information content (AvgIpc) is 3.38. The number of aromatic nitrogens is 5. The highest BCUT2D eigenvalue weighted by atomic mass is 32.2. The van der Waals surface area contributed by atoms with E-state index in [1.54, 1.807) is 10.9 Å². The molecular weight excluding hydrogens is 559 g/mol. The molecule has 10 nitrogen and oxygen atoms in total. The minimum absolute atomic E-state index is 0.254. The molecule has 0 radical (unpaired) electrons. The van der Waals surface area contributed by atoms with Gasteiger partial charge in [-0.25, -0.2) is 15.0 Å². The Hall–Kier alpha value is -2.04. The molecule has 3 aromatic rings. The van der Waals surface area contributed by atoms with Crippen molar-refractivity contribution in [2.45, 2.75) is 96.6 Å². The predicted octanol–water partition coefficient (Wildman–Crippen LogP) is 6.64. The van der Waals surface area contributed by atoms with Crippen molar-refractivity contribution in [3.8, 4) is 0 Å². The minimum atomic E-state index is -3.80. The van der Waals surface area contributed by atoms with Crippen LogP contribution in [0.4, 0.5) is 5.82 Å². The van der Waals surface area contributed by atoms with Gasteiger partial charge >= 0.3 is 7.60 Å². The van der Waals surface area contributed by atoms with Crippen LogP contribution in [0.3, 0.4) is 0 Å². The molecule has 41 heavy (non-hydrogen) atoms. The quantitative estimate of drug-likeness (QED) is 0.0893. The molecular formula is C29H47N6O4PS. The molecule has 2 atom stereocenters. The van der Waals surface area contributed by atoms with Crippen molar-refractivity contribution in [3.05, 3.63) is 42.7 Å².